The molecular formula is C29H37F3N4O8S. The van der Waals surface area contributed by atoms with Crippen LogP contribution in [0.15, 0.2) is 60.8 Å². The summed E-state index contributed by atoms with van der Waals surface area (Å²) < 4.78 is 77.5. The lowest BCUT2D eigenvalue weighted by molar-refractivity contribution is -0.800. The number of rotatable bonds is 8. The van der Waals surface area contributed by atoms with Crippen LogP contribution in [0.25, 0.3) is 11.3 Å². The minimum Gasteiger partial charge on any atom is -0.741 e. The summed E-state index contributed by atoms with van der Waals surface area (Å²) in [5.74, 6) is 0.133. The smallest absolute Gasteiger partial charge is 0.485 e. The van der Waals surface area contributed by atoms with Gasteiger partial charge in [-0.25, -0.2) is 18.0 Å². The molecule has 0 saturated heterocycles. The number of esters is 1. The van der Waals surface area contributed by atoms with Crippen molar-refractivity contribution in [3.8, 4) is 17.0 Å². The first-order chi connectivity index (χ1) is 20.5. The maximum absolute atomic E-state index is 12.8. The third-order valence-corrected chi connectivity index (χ3v) is 5.92. The maximum Gasteiger partial charge on any atom is 0.485 e. The van der Waals surface area contributed by atoms with Gasteiger partial charge in [0.25, 0.3) is 6.73 Å². The number of nitrogens with one attached hydrogen (secondary N) is 1. The molecular weight excluding hydrogens is 621 g/mol. The van der Waals surface area contributed by atoms with Crippen molar-refractivity contribution in [2.24, 2.45) is 7.05 Å². The van der Waals surface area contributed by atoms with Gasteiger partial charge in [0.2, 0.25) is 5.69 Å². The maximum atomic E-state index is 12.8. The van der Waals surface area contributed by atoms with E-state index in [4.69, 9.17) is 27.2 Å². The molecule has 248 valence electrons. The fourth-order valence-electron chi connectivity index (χ4n) is 3.44. The van der Waals surface area contributed by atoms with Crippen LogP contribution in [0.3, 0.4) is 0 Å². The van der Waals surface area contributed by atoms with Crippen LogP contribution in [0.5, 0.6) is 5.75 Å². The number of hydrogen-bond acceptors (Lipinski definition) is 9. The Hall–Kier alpha value is -4.18. The third-order valence-electron chi connectivity index (χ3n) is 5.36. The molecule has 2 aromatic carbocycles. The second-order valence-corrected chi connectivity index (χ2v) is 13.0. The molecule has 1 aromatic heterocycles. The number of carbonyl (C=O) groups excluding carboxylic acids is 2. The van der Waals surface area contributed by atoms with Crippen LogP contribution in [-0.2, 0) is 44.6 Å². The van der Waals surface area contributed by atoms with Crippen molar-refractivity contribution in [1.29, 1.82) is 0 Å². The van der Waals surface area contributed by atoms with E-state index in [1.165, 1.54) is 0 Å². The zero-order valence-corrected chi connectivity index (χ0v) is 26.7. The molecule has 0 spiro atoms. The van der Waals surface area contributed by atoms with Gasteiger partial charge in [0.15, 0.2) is 16.3 Å². The van der Waals surface area contributed by atoms with Gasteiger partial charge in [-0.15, -0.1) is 4.68 Å². The predicted molar refractivity (Wildman–Crippen MR) is 154 cm³/mol. The van der Waals surface area contributed by atoms with Crippen LogP contribution in [0.2, 0.25) is 0 Å². The summed E-state index contributed by atoms with van der Waals surface area (Å²) in [5.41, 5.74) is -4.30. The molecule has 0 unspecified atom stereocenters. The lowest BCUT2D eigenvalue weighted by Gasteiger charge is -2.26. The number of hydrogen-bond donors (Lipinski definition) is 1. The van der Waals surface area contributed by atoms with E-state index < -0.39 is 44.9 Å². The zero-order chi connectivity index (χ0) is 34.2. The summed E-state index contributed by atoms with van der Waals surface area (Å²) >= 11 is 0. The molecule has 0 fully saturated rings. The normalized spacial score (nSPS) is 12.8. The molecule has 0 aliphatic rings. The molecule has 0 aliphatic heterocycles. The van der Waals surface area contributed by atoms with Gasteiger partial charge < -0.3 is 24.1 Å². The summed E-state index contributed by atoms with van der Waals surface area (Å²) in [4.78, 5) is 26.9. The molecule has 3 aromatic rings. The Morgan fingerprint density at radius 2 is 1.49 bits per heavy atom. The Bertz CT molecular complexity index is 1530. The number of amides is 1. The Balaban J connectivity index is 0.000000777. The molecule has 45 heavy (non-hydrogen) atoms. The van der Waals surface area contributed by atoms with Crippen LogP contribution in [0.4, 0.5) is 18.0 Å². The van der Waals surface area contributed by atoms with Gasteiger partial charge in [-0.2, -0.15) is 13.2 Å². The van der Waals surface area contributed by atoms with Crippen LogP contribution in [0, 0.1) is 0 Å². The van der Waals surface area contributed by atoms with Crippen LogP contribution in [-0.4, -0.2) is 57.7 Å². The molecule has 0 bridgehead atoms. The molecule has 12 nitrogen and oxygen atoms in total. The Morgan fingerprint density at radius 3 is 1.98 bits per heavy atom. The highest BCUT2D eigenvalue weighted by molar-refractivity contribution is 7.86. The number of aromatic nitrogens is 3. The van der Waals surface area contributed by atoms with E-state index >= 15 is 0 Å². The number of alkyl carbamates (subject to hydrolysis) is 1. The topological polar surface area (TPSA) is 153 Å². The number of benzene rings is 2. The molecule has 3 rings (SSSR count). The van der Waals surface area contributed by atoms with E-state index in [9.17, 15) is 22.8 Å². The molecule has 0 radical (unpaired) electrons. The van der Waals surface area contributed by atoms with Gasteiger partial charge in [0.1, 0.15) is 23.0 Å². The first-order valence-corrected chi connectivity index (χ1v) is 14.9. The van der Waals surface area contributed by atoms with Gasteiger partial charge in [0.05, 0.1) is 7.05 Å². The molecule has 16 heteroatoms. The number of ether oxygens (including phenoxy) is 3. The van der Waals surface area contributed by atoms with E-state index in [0.717, 1.165) is 16.8 Å². The van der Waals surface area contributed by atoms with Crippen molar-refractivity contribution in [2.45, 2.75) is 77.4 Å². The second kappa shape index (κ2) is 14.7. The highest BCUT2D eigenvalue weighted by atomic mass is 32.2. The summed E-state index contributed by atoms with van der Waals surface area (Å²) in [6.07, 6.45) is 1.49. The van der Waals surface area contributed by atoms with Crippen molar-refractivity contribution in [3.63, 3.8) is 0 Å². The minimum absolute atomic E-state index is 0.241. The van der Waals surface area contributed by atoms with Crippen LogP contribution >= 0.6 is 0 Å². The monoisotopic (exact) mass is 658 g/mol. The third kappa shape index (κ3) is 13.1. The molecule has 1 amide bonds. The van der Waals surface area contributed by atoms with Gasteiger partial charge in [-0.1, -0.05) is 42.5 Å². The van der Waals surface area contributed by atoms with Gasteiger partial charge in [-0.05, 0) is 64.0 Å². The van der Waals surface area contributed by atoms with E-state index in [0.29, 0.717) is 5.75 Å². The first kappa shape index (κ1) is 37.0. The number of carbonyl (C=O) groups is 2. The number of aryl methyl sites for hydroxylation is 1. The van der Waals surface area contributed by atoms with Crippen molar-refractivity contribution in [1.82, 2.24) is 15.2 Å². The zero-order valence-electron chi connectivity index (χ0n) is 25.9. The van der Waals surface area contributed by atoms with E-state index in [-0.39, 0.29) is 13.2 Å². The van der Waals surface area contributed by atoms with E-state index in [1.54, 1.807) is 46.3 Å². The molecule has 0 saturated carbocycles. The lowest BCUT2D eigenvalue weighted by atomic mass is 10.1. The highest BCUT2D eigenvalue weighted by Gasteiger charge is 2.37. The second-order valence-electron chi connectivity index (χ2n) is 11.7. The molecule has 1 N–H and O–H groups in total. The Labute approximate surface area is 259 Å². The van der Waals surface area contributed by atoms with Crippen LogP contribution in [0.1, 0.15) is 47.1 Å². The van der Waals surface area contributed by atoms with Gasteiger partial charge >= 0.3 is 17.6 Å². The SMILES string of the molecule is Cn1nc(-c2ccccc2)c[n+]1COc1ccc(C[C@H](NC(=O)OC(C)(C)C)C(=O)OC(C)(C)C)cc1.O=S(=O)([O-])C(F)(F)F. The largest absolute Gasteiger partial charge is 0.741 e. The van der Waals surface area contributed by atoms with Crippen molar-refractivity contribution in [3.05, 3.63) is 66.4 Å². The predicted octanol–water partition coefficient (Wildman–Crippen LogP) is 4.24. The fourth-order valence-corrected chi connectivity index (χ4v) is 3.44. The quantitative estimate of drug-likeness (QED) is 0.162. The molecule has 0 aliphatic carbocycles. The summed E-state index contributed by atoms with van der Waals surface area (Å²) in [5, 5.41) is 7.19. The standard InChI is InChI=1S/C28H36N4O5.CHF3O3S/c1-27(2,3)36-25(33)23(29-26(34)37-28(4,5)6)17-20-13-15-22(16-14-20)35-19-32-18-24(30-31(32)7)21-11-9-8-10-12-21;2-1(3,4)8(5,6)7/h8-16,18,23H,17,19H2,1-7H3;(H,5,6,7)/t23-;/m0./s1. The average Bonchev–Trinajstić information content (AvgIpc) is 3.26. The summed E-state index contributed by atoms with van der Waals surface area (Å²) in [7, 11) is -4.24. The van der Waals surface area contributed by atoms with Crippen LogP contribution < -0.4 is 14.7 Å². The minimum atomic E-state index is -6.09. The molecule has 1 atom stereocenters. The number of halogens is 3. The molecule has 1 heterocycles. The van der Waals surface area contributed by atoms with Crippen molar-refractivity contribution >= 4 is 22.2 Å². The number of alkyl halides is 3. The van der Waals surface area contributed by atoms with E-state index in [2.05, 4.69) is 10.4 Å². The van der Waals surface area contributed by atoms with Gasteiger partial charge in [0, 0.05) is 17.1 Å². The lowest BCUT2D eigenvalue weighted by Crippen LogP contribution is -2.47. The Morgan fingerprint density at radius 1 is 0.956 bits per heavy atom. The summed E-state index contributed by atoms with van der Waals surface area (Å²) in [6, 6.07) is 16.4. The average molecular weight is 659 g/mol. The van der Waals surface area contributed by atoms with Gasteiger partial charge in [-0.3, -0.25) is 0 Å². The first-order valence-electron chi connectivity index (χ1n) is 13.5. The summed E-state index contributed by atoms with van der Waals surface area (Å²) in [6.45, 7) is 10.9. The van der Waals surface area contributed by atoms with E-state index in [1.807, 2.05) is 72.5 Å². The Kier molecular flexibility index (Phi) is 12.1. The number of nitrogens with zero attached hydrogens (tertiary/aromatic N) is 3. The highest BCUT2D eigenvalue weighted by Crippen LogP contribution is 2.20. The van der Waals surface area contributed by atoms with Crippen molar-refractivity contribution < 1.29 is 54.6 Å². The fraction of sp³-hybridized carbons (Fsp3) is 0.448. The van der Waals surface area contributed by atoms with Crippen molar-refractivity contribution in [2.75, 3.05) is 0 Å².